The summed E-state index contributed by atoms with van der Waals surface area (Å²) in [6.07, 6.45) is 1.98. The van der Waals surface area contributed by atoms with E-state index in [2.05, 4.69) is 15.6 Å². The minimum absolute atomic E-state index is 0. The molecule has 0 bridgehead atoms. The van der Waals surface area contributed by atoms with Gasteiger partial charge in [-0.05, 0) is 24.5 Å². The monoisotopic (exact) mass is 472 g/mol. The second kappa shape index (κ2) is 12.3. The molecule has 1 amide bonds. The lowest BCUT2D eigenvalue weighted by Gasteiger charge is -2.14. The molecule has 136 valence electrons. The van der Waals surface area contributed by atoms with Crippen molar-refractivity contribution in [1.82, 2.24) is 15.5 Å². The Bertz CT molecular complexity index is 558. The number of hydrogen-bond donors (Lipinski definition) is 2. The number of likely N-dealkylation sites (N-methyl/N-ethyl adjacent to an activating group) is 1. The van der Waals surface area contributed by atoms with Crippen LogP contribution >= 0.6 is 35.7 Å². The summed E-state index contributed by atoms with van der Waals surface area (Å²) >= 11 is 1.66. The van der Waals surface area contributed by atoms with Crippen LogP contribution < -0.4 is 10.6 Å². The number of hydrogen-bond acceptors (Lipinski definition) is 3. The minimum Gasteiger partial charge on any atom is -0.356 e. The normalized spacial score (nSPS) is 10.8. The Balaban J connectivity index is 0.00000529. The molecular weight excluding hydrogens is 449 g/mol. The van der Waals surface area contributed by atoms with Crippen LogP contribution in [0.3, 0.4) is 0 Å². The lowest BCUT2D eigenvalue weighted by molar-refractivity contribution is -0.127. The third-order valence-electron chi connectivity index (χ3n) is 2.92. The van der Waals surface area contributed by atoms with E-state index in [-0.39, 0.29) is 48.5 Å². The third-order valence-corrected chi connectivity index (χ3v) is 3.53. The summed E-state index contributed by atoms with van der Waals surface area (Å²) in [7, 11) is 3.31. The number of benzene rings is 1. The Labute approximate surface area is 162 Å². The van der Waals surface area contributed by atoms with E-state index in [1.165, 1.54) is 4.90 Å². The molecule has 1 rings (SSSR count). The van der Waals surface area contributed by atoms with Gasteiger partial charge in [-0.1, -0.05) is 0 Å². The number of carbonyl (C=O) groups excluding carboxylic acids is 1. The van der Waals surface area contributed by atoms with Crippen LogP contribution in [0.2, 0.25) is 0 Å². The van der Waals surface area contributed by atoms with Crippen molar-refractivity contribution in [3.63, 3.8) is 0 Å². The second-order valence-corrected chi connectivity index (χ2v) is 5.95. The number of rotatable bonds is 7. The number of nitrogens with zero attached hydrogens (tertiary/aromatic N) is 2. The summed E-state index contributed by atoms with van der Waals surface area (Å²) in [5.74, 6) is 0.114. The fraction of sp³-hybridized carbons (Fsp3) is 0.467. The van der Waals surface area contributed by atoms with Gasteiger partial charge >= 0.3 is 0 Å². The van der Waals surface area contributed by atoms with E-state index in [9.17, 15) is 13.6 Å². The summed E-state index contributed by atoms with van der Waals surface area (Å²) in [6, 6.07) is 3.25. The van der Waals surface area contributed by atoms with Crippen LogP contribution in [0.15, 0.2) is 23.2 Å². The molecule has 9 heteroatoms. The SMILES string of the molecule is CSCCNC(=NCc1cc(F)ccc1F)NCC(=O)N(C)C.I. The van der Waals surface area contributed by atoms with Crippen LogP contribution in [0.25, 0.3) is 0 Å². The maximum Gasteiger partial charge on any atom is 0.241 e. The smallest absolute Gasteiger partial charge is 0.241 e. The number of thioether (sulfide) groups is 1. The fourth-order valence-electron chi connectivity index (χ4n) is 1.59. The Hall–Kier alpha value is -1.10. The summed E-state index contributed by atoms with van der Waals surface area (Å²) in [6.45, 7) is 0.701. The Morgan fingerprint density at radius 3 is 2.62 bits per heavy atom. The Morgan fingerprint density at radius 1 is 1.29 bits per heavy atom. The van der Waals surface area contributed by atoms with Gasteiger partial charge in [0.15, 0.2) is 5.96 Å². The molecule has 1 aromatic rings. The number of guanidine groups is 1. The Kier molecular flexibility index (Phi) is 11.7. The highest BCUT2D eigenvalue weighted by atomic mass is 127. The molecule has 0 atom stereocenters. The van der Waals surface area contributed by atoms with Crippen molar-refractivity contribution in [2.24, 2.45) is 4.99 Å². The van der Waals surface area contributed by atoms with Gasteiger partial charge in [-0.2, -0.15) is 11.8 Å². The molecule has 0 spiro atoms. The zero-order valence-electron chi connectivity index (χ0n) is 13.9. The first-order chi connectivity index (χ1) is 10.9. The van der Waals surface area contributed by atoms with E-state index in [1.807, 2.05) is 6.26 Å². The van der Waals surface area contributed by atoms with Crippen LogP contribution in [0.4, 0.5) is 8.78 Å². The maximum absolute atomic E-state index is 13.6. The highest BCUT2D eigenvalue weighted by molar-refractivity contribution is 14.0. The number of nitrogens with one attached hydrogen (secondary N) is 2. The van der Waals surface area contributed by atoms with E-state index >= 15 is 0 Å². The lowest BCUT2D eigenvalue weighted by Crippen LogP contribution is -2.43. The third kappa shape index (κ3) is 8.67. The second-order valence-electron chi connectivity index (χ2n) is 4.96. The van der Waals surface area contributed by atoms with Gasteiger partial charge in [-0.15, -0.1) is 24.0 Å². The van der Waals surface area contributed by atoms with Crippen molar-refractivity contribution < 1.29 is 13.6 Å². The molecule has 0 radical (unpaired) electrons. The fourth-order valence-corrected chi connectivity index (χ4v) is 1.90. The van der Waals surface area contributed by atoms with E-state index in [4.69, 9.17) is 0 Å². The molecule has 0 unspecified atom stereocenters. The highest BCUT2D eigenvalue weighted by Crippen LogP contribution is 2.10. The first-order valence-electron chi connectivity index (χ1n) is 7.09. The van der Waals surface area contributed by atoms with Crippen LogP contribution in [0.5, 0.6) is 0 Å². The van der Waals surface area contributed by atoms with Crippen molar-refractivity contribution in [3.05, 3.63) is 35.4 Å². The van der Waals surface area contributed by atoms with Gasteiger partial charge in [0, 0.05) is 32.0 Å². The maximum atomic E-state index is 13.6. The molecule has 0 fully saturated rings. The molecule has 5 nitrogen and oxygen atoms in total. The first kappa shape index (κ1) is 22.9. The van der Waals surface area contributed by atoms with E-state index in [0.717, 1.165) is 24.0 Å². The molecule has 0 aromatic heterocycles. The predicted molar refractivity (Wildman–Crippen MR) is 106 cm³/mol. The van der Waals surface area contributed by atoms with Gasteiger partial charge in [0.25, 0.3) is 0 Å². The molecule has 0 saturated heterocycles. The number of carbonyl (C=O) groups is 1. The van der Waals surface area contributed by atoms with Gasteiger partial charge in [0.1, 0.15) is 11.6 Å². The topological polar surface area (TPSA) is 56.7 Å². The van der Waals surface area contributed by atoms with Crippen molar-refractivity contribution in [2.45, 2.75) is 6.54 Å². The van der Waals surface area contributed by atoms with Gasteiger partial charge in [0.05, 0.1) is 13.1 Å². The quantitative estimate of drug-likeness (QED) is 0.276. The van der Waals surface area contributed by atoms with Crippen molar-refractivity contribution in [3.8, 4) is 0 Å². The lowest BCUT2D eigenvalue weighted by atomic mass is 10.2. The van der Waals surface area contributed by atoms with Crippen LogP contribution in [-0.2, 0) is 11.3 Å². The molecule has 24 heavy (non-hydrogen) atoms. The standard InChI is InChI=1S/C15H22F2N4OS.HI/c1-21(2)14(22)10-20-15(18-6-7-23-3)19-9-11-8-12(16)4-5-13(11)17;/h4-5,8H,6-7,9-10H2,1-3H3,(H2,18,19,20);1H. The summed E-state index contributed by atoms with van der Waals surface area (Å²) in [5, 5.41) is 5.94. The molecule has 1 aromatic carbocycles. The summed E-state index contributed by atoms with van der Waals surface area (Å²) in [4.78, 5) is 17.3. The van der Waals surface area contributed by atoms with Crippen LogP contribution in [0, 0.1) is 11.6 Å². The van der Waals surface area contributed by atoms with Crippen molar-refractivity contribution >= 4 is 47.6 Å². The zero-order valence-corrected chi connectivity index (χ0v) is 17.1. The largest absolute Gasteiger partial charge is 0.356 e. The summed E-state index contributed by atoms with van der Waals surface area (Å²) in [5.41, 5.74) is 0.162. The average Bonchev–Trinajstić information content (AvgIpc) is 2.52. The number of halogens is 3. The van der Waals surface area contributed by atoms with Gasteiger partial charge in [-0.25, -0.2) is 13.8 Å². The molecule has 0 aliphatic carbocycles. The molecule has 0 saturated carbocycles. The molecule has 0 aliphatic heterocycles. The average molecular weight is 472 g/mol. The van der Waals surface area contributed by atoms with Gasteiger partial charge < -0.3 is 15.5 Å². The number of amides is 1. The van der Waals surface area contributed by atoms with Crippen molar-refractivity contribution in [1.29, 1.82) is 0 Å². The molecule has 0 aliphatic rings. The van der Waals surface area contributed by atoms with Gasteiger partial charge in [0.2, 0.25) is 5.91 Å². The molecular formula is C15H23F2IN4OS. The zero-order chi connectivity index (χ0) is 17.2. The van der Waals surface area contributed by atoms with Crippen molar-refractivity contribution in [2.75, 3.05) is 39.2 Å². The van der Waals surface area contributed by atoms with E-state index in [1.54, 1.807) is 25.9 Å². The molecule has 2 N–H and O–H groups in total. The predicted octanol–water partition coefficient (Wildman–Crippen LogP) is 2.07. The minimum atomic E-state index is -0.511. The number of aliphatic imine (C=N–C) groups is 1. The summed E-state index contributed by atoms with van der Waals surface area (Å²) < 4.78 is 26.8. The van der Waals surface area contributed by atoms with E-state index < -0.39 is 11.6 Å². The van der Waals surface area contributed by atoms with E-state index in [0.29, 0.717) is 12.5 Å². The highest BCUT2D eigenvalue weighted by Gasteiger charge is 2.07. The Morgan fingerprint density at radius 2 is 2.00 bits per heavy atom. The van der Waals surface area contributed by atoms with Crippen LogP contribution in [0.1, 0.15) is 5.56 Å². The first-order valence-corrected chi connectivity index (χ1v) is 8.48. The molecule has 0 heterocycles. The van der Waals surface area contributed by atoms with Crippen LogP contribution in [-0.4, -0.2) is 56.0 Å². The van der Waals surface area contributed by atoms with Gasteiger partial charge in [-0.3, -0.25) is 4.79 Å².